The van der Waals surface area contributed by atoms with Gasteiger partial charge in [-0.3, -0.25) is 19.3 Å². The maximum Gasteiger partial charge on any atom is 0.253 e. The third kappa shape index (κ3) is 3.83. The van der Waals surface area contributed by atoms with Gasteiger partial charge in [0.2, 0.25) is 0 Å². The molecular weight excluding hydrogens is 397 g/mol. The third-order valence-corrected chi connectivity index (χ3v) is 5.92. The summed E-state index contributed by atoms with van der Waals surface area (Å²) in [6.07, 6.45) is 7.51. The number of pyridine rings is 2. The van der Waals surface area contributed by atoms with Crippen molar-refractivity contribution >= 4 is 28.4 Å². The van der Waals surface area contributed by atoms with E-state index in [4.69, 9.17) is 0 Å². The van der Waals surface area contributed by atoms with Gasteiger partial charge in [-0.15, -0.1) is 0 Å². The topological polar surface area (TPSA) is 100 Å². The predicted molar refractivity (Wildman–Crippen MR) is 116 cm³/mol. The Morgan fingerprint density at radius 2 is 2.03 bits per heavy atom. The number of rotatable bonds is 5. The summed E-state index contributed by atoms with van der Waals surface area (Å²) in [5.74, 6) is 0.798. The summed E-state index contributed by atoms with van der Waals surface area (Å²) in [6, 6.07) is 7.90. The first-order valence-corrected chi connectivity index (χ1v) is 10.6. The Bertz CT molecular complexity index is 1220. The molecule has 0 aliphatic heterocycles. The van der Waals surface area contributed by atoms with E-state index >= 15 is 0 Å². The molecule has 31 heavy (non-hydrogen) atoms. The van der Waals surface area contributed by atoms with Gasteiger partial charge in [0.25, 0.3) is 5.91 Å². The van der Waals surface area contributed by atoms with E-state index in [9.17, 15) is 9.18 Å². The predicted octanol–water partition coefficient (Wildman–Crippen LogP) is 3.79. The Kier molecular flexibility index (Phi) is 5.01. The minimum atomic E-state index is -1.10. The number of H-pyrrole nitrogens is 1. The molecular formula is C22H24FN7O. The van der Waals surface area contributed by atoms with E-state index in [1.165, 1.54) is 6.92 Å². The van der Waals surface area contributed by atoms with Crippen LogP contribution in [0.4, 0.5) is 10.2 Å². The number of amides is 1. The highest BCUT2D eigenvalue weighted by atomic mass is 19.1. The van der Waals surface area contributed by atoms with Crippen molar-refractivity contribution in [1.29, 1.82) is 0 Å². The number of carbonyl (C=O) groups excluding carboxylic acids is 1. The van der Waals surface area contributed by atoms with Crippen LogP contribution >= 0.6 is 0 Å². The normalized spacial score (nSPS) is 20.1. The summed E-state index contributed by atoms with van der Waals surface area (Å²) in [7, 11) is 0. The third-order valence-electron chi connectivity index (χ3n) is 5.92. The molecule has 1 amide bonds. The highest BCUT2D eigenvalue weighted by Crippen LogP contribution is 2.25. The van der Waals surface area contributed by atoms with Crippen molar-refractivity contribution in [3.8, 4) is 0 Å². The van der Waals surface area contributed by atoms with E-state index in [0.29, 0.717) is 22.3 Å². The Labute approximate surface area is 178 Å². The summed E-state index contributed by atoms with van der Waals surface area (Å²) in [6.45, 7) is 1.49. The molecule has 3 N–H and O–H groups in total. The van der Waals surface area contributed by atoms with Crippen LogP contribution in [0.3, 0.4) is 0 Å². The Morgan fingerprint density at radius 3 is 2.84 bits per heavy atom. The molecule has 0 spiro atoms. The average molecular weight is 421 g/mol. The minimum Gasteiger partial charge on any atom is -0.368 e. The number of fused-ring (bicyclic) bond motifs is 2. The summed E-state index contributed by atoms with van der Waals surface area (Å²) < 4.78 is 15.6. The molecule has 4 aromatic rings. The Morgan fingerprint density at radius 1 is 1.23 bits per heavy atom. The van der Waals surface area contributed by atoms with Crippen molar-refractivity contribution < 1.29 is 9.18 Å². The summed E-state index contributed by atoms with van der Waals surface area (Å²) >= 11 is 0. The lowest BCUT2D eigenvalue weighted by Gasteiger charge is -2.30. The van der Waals surface area contributed by atoms with Crippen molar-refractivity contribution in [1.82, 2.24) is 29.9 Å². The first kappa shape index (κ1) is 19.5. The molecule has 1 atom stereocenters. The van der Waals surface area contributed by atoms with Crippen LogP contribution in [-0.2, 0) is 0 Å². The standard InChI is InChI=1S/C22H24FN7O/c1-13(23)18-12-30-19(3-2-4-20(30)28-18)26-14-5-7-15(8-6-14)27-22(31)16-9-10-24-17-11-25-29-21(16)17/h2-4,9-15,26H,5-8H2,1H3,(H,25,29)(H,27,31). The molecule has 4 aromatic heterocycles. The zero-order valence-corrected chi connectivity index (χ0v) is 17.2. The van der Waals surface area contributed by atoms with Crippen LogP contribution in [0.1, 0.15) is 54.8 Å². The number of nitrogens with one attached hydrogen (secondary N) is 3. The highest BCUT2D eigenvalue weighted by molar-refractivity contribution is 6.04. The molecule has 1 aliphatic rings. The highest BCUT2D eigenvalue weighted by Gasteiger charge is 2.24. The molecule has 0 radical (unpaired) electrons. The maximum absolute atomic E-state index is 13.7. The number of aromatic amines is 1. The molecule has 1 fully saturated rings. The molecule has 1 unspecified atom stereocenters. The zero-order valence-electron chi connectivity index (χ0n) is 17.2. The number of alkyl halides is 1. The van der Waals surface area contributed by atoms with E-state index in [1.807, 2.05) is 22.6 Å². The summed E-state index contributed by atoms with van der Waals surface area (Å²) in [5.41, 5.74) is 3.06. The smallest absolute Gasteiger partial charge is 0.253 e. The van der Waals surface area contributed by atoms with Gasteiger partial charge in [0.15, 0.2) is 0 Å². The van der Waals surface area contributed by atoms with Crippen molar-refractivity contribution in [2.75, 3.05) is 5.32 Å². The van der Waals surface area contributed by atoms with Crippen molar-refractivity contribution in [3.05, 3.63) is 54.1 Å². The molecule has 0 saturated heterocycles. The molecule has 5 rings (SSSR count). The van der Waals surface area contributed by atoms with E-state index in [0.717, 1.165) is 37.1 Å². The van der Waals surface area contributed by atoms with Gasteiger partial charge in [-0.1, -0.05) is 6.07 Å². The van der Waals surface area contributed by atoms with Gasteiger partial charge in [-0.05, 0) is 50.8 Å². The lowest BCUT2D eigenvalue weighted by molar-refractivity contribution is 0.0928. The van der Waals surface area contributed by atoms with Crippen molar-refractivity contribution in [2.45, 2.75) is 50.9 Å². The van der Waals surface area contributed by atoms with Gasteiger partial charge in [0.05, 0.1) is 23.0 Å². The Hall–Kier alpha value is -3.49. The molecule has 160 valence electrons. The second-order valence-electron chi connectivity index (χ2n) is 8.08. The lowest BCUT2D eigenvalue weighted by atomic mass is 9.91. The number of anilines is 1. The second-order valence-corrected chi connectivity index (χ2v) is 8.08. The van der Waals surface area contributed by atoms with E-state index in [2.05, 4.69) is 30.8 Å². The largest absolute Gasteiger partial charge is 0.368 e. The van der Waals surface area contributed by atoms with E-state index in [1.54, 1.807) is 24.7 Å². The van der Waals surface area contributed by atoms with Gasteiger partial charge in [0.1, 0.15) is 23.2 Å². The molecule has 0 bridgehead atoms. The monoisotopic (exact) mass is 421 g/mol. The average Bonchev–Trinajstić information content (AvgIpc) is 3.42. The van der Waals surface area contributed by atoms with Crippen LogP contribution in [0.15, 0.2) is 42.9 Å². The molecule has 1 aliphatic carbocycles. The SMILES string of the molecule is CC(F)c1cn2c(NC3CCC(NC(=O)c4ccnc5cn[nH]c45)CC3)cccc2n1. The summed E-state index contributed by atoms with van der Waals surface area (Å²) in [5, 5.41) is 13.5. The zero-order chi connectivity index (χ0) is 21.4. The maximum atomic E-state index is 13.7. The molecule has 9 heteroatoms. The van der Waals surface area contributed by atoms with Crippen LogP contribution in [0.25, 0.3) is 16.7 Å². The molecule has 0 aromatic carbocycles. The number of hydrogen-bond donors (Lipinski definition) is 3. The molecule has 8 nitrogen and oxygen atoms in total. The van der Waals surface area contributed by atoms with Crippen LogP contribution in [0.2, 0.25) is 0 Å². The van der Waals surface area contributed by atoms with Gasteiger partial charge < -0.3 is 10.6 Å². The fourth-order valence-corrected chi connectivity index (χ4v) is 4.23. The first-order chi connectivity index (χ1) is 15.1. The van der Waals surface area contributed by atoms with Gasteiger partial charge >= 0.3 is 0 Å². The summed E-state index contributed by atoms with van der Waals surface area (Å²) in [4.78, 5) is 21.3. The van der Waals surface area contributed by atoms with Crippen LogP contribution in [-0.4, -0.2) is 42.6 Å². The number of hydrogen-bond acceptors (Lipinski definition) is 5. The number of aromatic nitrogens is 5. The minimum absolute atomic E-state index is 0.107. The molecule has 4 heterocycles. The first-order valence-electron chi connectivity index (χ1n) is 10.6. The number of carbonyl (C=O) groups is 1. The second kappa shape index (κ2) is 7.98. The van der Waals surface area contributed by atoms with E-state index in [-0.39, 0.29) is 18.0 Å². The number of nitrogens with zero attached hydrogens (tertiary/aromatic N) is 4. The van der Waals surface area contributed by atoms with Crippen molar-refractivity contribution in [2.24, 2.45) is 0 Å². The number of imidazole rings is 1. The van der Waals surface area contributed by atoms with Crippen LogP contribution in [0, 0.1) is 0 Å². The Balaban J connectivity index is 1.22. The lowest BCUT2D eigenvalue weighted by Crippen LogP contribution is -2.40. The van der Waals surface area contributed by atoms with Crippen LogP contribution in [0.5, 0.6) is 0 Å². The van der Waals surface area contributed by atoms with Gasteiger partial charge in [-0.2, -0.15) is 5.10 Å². The molecule has 1 saturated carbocycles. The fraction of sp³-hybridized carbons (Fsp3) is 0.364. The number of halogens is 1. The van der Waals surface area contributed by atoms with Crippen LogP contribution < -0.4 is 10.6 Å². The van der Waals surface area contributed by atoms with Gasteiger partial charge in [0, 0.05) is 24.5 Å². The fourth-order valence-electron chi connectivity index (χ4n) is 4.23. The van der Waals surface area contributed by atoms with Gasteiger partial charge in [-0.25, -0.2) is 9.37 Å². The quantitative estimate of drug-likeness (QED) is 0.455. The van der Waals surface area contributed by atoms with E-state index < -0.39 is 6.17 Å². The van der Waals surface area contributed by atoms with Crippen molar-refractivity contribution in [3.63, 3.8) is 0 Å².